The maximum atomic E-state index is 11.8. The Hall–Kier alpha value is -3.78. The fourth-order valence-electron chi connectivity index (χ4n) is 3.12. The third-order valence-electron chi connectivity index (χ3n) is 4.37. The highest BCUT2D eigenvalue weighted by Crippen LogP contribution is 2.37. The van der Waals surface area contributed by atoms with Crippen molar-refractivity contribution in [3.05, 3.63) is 34.4 Å². The summed E-state index contributed by atoms with van der Waals surface area (Å²) in [6, 6.07) is 4.71. The van der Waals surface area contributed by atoms with Crippen molar-refractivity contribution in [2.24, 2.45) is 0 Å². The number of hydrogen-bond acceptors (Lipinski definition) is 13. The molecule has 1 aliphatic heterocycles. The van der Waals surface area contributed by atoms with Gasteiger partial charge in [0.05, 0.1) is 4.92 Å². The first-order chi connectivity index (χ1) is 15.8. The number of non-ortho nitro benzene ring substituents is 1. The maximum Gasteiger partial charge on any atom is 0.305 e. The number of benzene rings is 1. The molecule has 1 N–H and O–H groups in total. The fourth-order valence-corrected chi connectivity index (χ4v) is 3.12. The molecule has 0 bridgehead atoms. The number of nitro groups is 1. The summed E-state index contributed by atoms with van der Waals surface area (Å²) in [6.07, 6.45) is -6.84. The van der Waals surface area contributed by atoms with Crippen LogP contribution in [0.5, 0.6) is 5.75 Å². The van der Waals surface area contributed by atoms with Crippen molar-refractivity contribution in [2.75, 3.05) is 6.61 Å². The minimum absolute atomic E-state index is 0.0125. The minimum Gasteiger partial charge on any atom is -0.463 e. The molecule has 0 aromatic heterocycles. The van der Waals surface area contributed by atoms with Crippen LogP contribution in [-0.4, -0.2) is 70.9 Å². The molecule has 1 heterocycles. The van der Waals surface area contributed by atoms with Gasteiger partial charge in [0.1, 0.15) is 12.4 Å². The first-order valence-corrected chi connectivity index (χ1v) is 9.79. The Morgan fingerprint density at radius 3 is 2.06 bits per heavy atom. The van der Waals surface area contributed by atoms with E-state index in [-0.39, 0.29) is 11.4 Å². The van der Waals surface area contributed by atoms with Gasteiger partial charge in [-0.15, -0.1) is 0 Å². The predicted octanol–water partition coefficient (Wildman–Crippen LogP) is 0.377. The molecule has 1 aliphatic rings. The Labute approximate surface area is 192 Å². The van der Waals surface area contributed by atoms with Crippen molar-refractivity contribution >= 4 is 29.6 Å². The number of esters is 4. The van der Waals surface area contributed by atoms with E-state index in [4.69, 9.17) is 28.4 Å². The monoisotopic (exact) mass is 485 g/mol. The standard InChI is InChI=1S/C20H23NO13/c1-10(22)29-9-16-20(26,34-13(4)25)18(31-12(3)24)17(30-11(2)23)19(33-16)32-15-7-5-14(6-8-15)21(27)28/h5-8,16-19,26H,9H2,1-4H3/t16?,17?,18?,19?,20-/m0/s1. The summed E-state index contributed by atoms with van der Waals surface area (Å²) >= 11 is 0. The number of ether oxygens (including phenoxy) is 6. The molecular weight excluding hydrogens is 462 g/mol. The summed E-state index contributed by atoms with van der Waals surface area (Å²) in [4.78, 5) is 56.9. The van der Waals surface area contributed by atoms with E-state index in [1.165, 1.54) is 12.1 Å². The highest BCUT2D eigenvalue weighted by atomic mass is 16.8. The molecule has 0 amide bonds. The van der Waals surface area contributed by atoms with Crippen molar-refractivity contribution in [1.82, 2.24) is 0 Å². The smallest absolute Gasteiger partial charge is 0.305 e. The number of aliphatic hydroxyl groups is 1. The second-order valence-corrected chi connectivity index (χ2v) is 7.11. The van der Waals surface area contributed by atoms with Gasteiger partial charge in [0.2, 0.25) is 18.5 Å². The van der Waals surface area contributed by atoms with E-state index in [0.29, 0.717) is 0 Å². The molecule has 1 aromatic rings. The molecule has 186 valence electrons. The second kappa shape index (κ2) is 10.9. The lowest BCUT2D eigenvalue weighted by Gasteiger charge is -2.48. The average molecular weight is 485 g/mol. The lowest BCUT2D eigenvalue weighted by atomic mass is 9.94. The fraction of sp³-hybridized carbons (Fsp3) is 0.500. The molecule has 14 nitrogen and oxygen atoms in total. The van der Waals surface area contributed by atoms with E-state index in [1.54, 1.807) is 0 Å². The molecule has 1 fully saturated rings. The Balaban J connectivity index is 2.52. The van der Waals surface area contributed by atoms with Crippen molar-refractivity contribution < 1.29 is 57.6 Å². The molecule has 34 heavy (non-hydrogen) atoms. The summed E-state index contributed by atoms with van der Waals surface area (Å²) in [5.74, 6) is -6.39. The summed E-state index contributed by atoms with van der Waals surface area (Å²) in [6.45, 7) is 3.35. The number of carbonyl (C=O) groups is 4. The van der Waals surface area contributed by atoms with Crippen molar-refractivity contribution in [1.29, 1.82) is 0 Å². The quantitative estimate of drug-likeness (QED) is 0.175. The molecule has 1 saturated heterocycles. The minimum atomic E-state index is -2.76. The van der Waals surface area contributed by atoms with Gasteiger partial charge in [-0.1, -0.05) is 0 Å². The SMILES string of the molecule is CC(=O)OCC1OC(Oc2ccc([N+](=O)[O-])cc2)C(OC(C)=O)C(OC(C)=O)[C@@]1(O)OC(C)=O. The van der Waals surface area contributed by atoms with E-state index in [1.807, 2.05) is 0 Å². The van der Waals surface area contributed by atoms with Crippen LogP contribution in [0.15, 0.2) is 24.3 Å². The number of nitro benzene ring substituents is 1. The number of nitrogens with zero attached hydrogens (tertiary/aromatic N) is 1. The number of rotatable bonds is 8. The lowest BCUT2D eigenvalue weighted by Crippen LogP contribution is -2.71. The average Bonchev–Trinajstić information content (AvgIpc) is 2.71. The number of hydrogen-bond donors (Lipinski definition) is 1. The zero-order valence-corrected chi connectivity index (χ0v) is 18.6. The summed E-state index contributed by atoms with van der Waals surface area (Å²) < 4.78 is 31.5. The van der Waals surface area contributed by atoms with Crippen LogP contribution >= 0.6 is 0 Å². The Morgan fingerprint density at radius 2 is 1.59 bits per heavy atom. The van der Waals surface area contributed by atoms with Gasteiger partial charge in [-0.3, -0.25) is 29.3 Å². The van der Waals surface area contributed by atoms with E-state index < -0.39 is 65.8 Å². The molecule has 0 aliphatic carbocycles. The van der Waals surface area contributed by atoms with Crippen LogP contribution in [0, 0.1) is 10.1 Å². The maximum absolute atomic E-state index is 11.8. The molecule has 0 spiro atoms. The highest BCUT2D eigenvalue weighted by Gasteiger charge is 2.63. The van der Waals surface area contributed by atoms with Gasteiger partial charge < -0.3 is 33.5 Å². The molecule has 0 saturated carbocycles. The number of carbonyl (C=O) groups excluding carboxylic acids is 4. The summed E-state index contributed by atoms with van der Waals surface area (Å²) in [7, 11) is 0. The Bertz CT molecular complexity index is 946. The van der Waals surface area contributed by atoms with Crippen LogP contribution in [0.4, 0.5) is 5.69 Å². The first-order valence-electron chi connectivity index (χ1n) is 9.79. The molecular formula is C20H23NO13. The second-order valence-electron chi connectivity index (χ2n) is 7.11. The van der Waals surface area contributed by atoms with Crippen LogP contribution in [0.25, 0.3) is 0 Å². The summed E-state index contributed by atoms with van der Waals surface area (Å²) in [5.41, 5.74) is -0.233. The molecule has 1 aromatic carbocycles. The largest absolute Gasteiger partial charge is 0.463 e. The van der Waals surface area contributed by atoms with Gasteiger partial charge in [-0.05, 0) is 12.1 Å². The van der Waals surface area contributed by atoms with E-state index >= 15 is 0 Å². The van der Waals surface area contributed by atoms with Crippen molar-refractivity contribution in [3.8, 4) is 5.75 Å². The Morgan fingerprint density at radius 1 is 1.00 bits per heavy atom. The van der Waals surface area contributed by atoms with Crippen LogP contribution in [0.2, 0.25) is 0 Å². The molecule has 4 unspecified atom stereocenters. The first kappa shape index (κ1) is 26.5. The molecule has 5 atom stereocenters. The van der Waals surface area contributed by atoms with Gasteiger partial charge in [-0.25, -0.2) is 0 Å². The van der Waals surface area contributed by atoms with Gasteiger partial charge in [0, 0.05) is 39.8 Å². The van der Waals surface area contributed by atoms with Crippen LogP contribution in [-0.2, 0) is 42.9 Å². The van der Waals surface area contributed by atoms with Gasteiger partial charge >= 0.3 is 23.9 Å². The van der Waals surface area contributed by atoms with Crippen LogP contribution in [0.1, 0.15) is 27.7 Å². The van der Waals surface area contributed by atoms with Gasteiger partial charge in [-0.2, -0.15) is 0 Å². The normalized spacial score (nSPS) is 26.0. The summed E-state index contributed by atoms with van der Waals surface area (Å²) in [5, 5.41) is 22.1. The third kappa shape index (κ3) is 6.62. The molecule has 14 heteroatoms. The Kier molecular flexibility index (Phi) is 8.48. The van der Waals surface area contributed by atoms with Crippen LogP contribution < -0.4 is 4.74 Å². The van der Waals surface area contributed by atoms with E-state index in [9.17, 15) is 34.4 Å². The third-order valence-corrected chi connectivity index (χ3v) is 4.37. The molecule has 2 rings (SSSR count). The topological polar surface area (TPSA) is 187 Å². The van der Waals surface area contributed by atoms with Gasteiger partial charge in [0.25, 0.3) is 11.5 Å². The zero-order chi connectivity index (χ0) is 25.6. The van der Waals surface area contributed by atoms with Crippen molar-refractivity contribution in [2.45, 2.75) is 58.1 Å². The van der Waals surface area contributed by atoms with Gasteiger partial charge in [0.15, 0.2) is 6.10 Å². The molecule has 0 radical (unpaired) electrons. The van der Waals surface area contributed by atoms with E-state index in [2.05, 4.69) is 0 Å². The van der Waals surface area contributed by atoms with E-state index in [0.717, 1.165) is 39.8 Å². The highest BCUT2D eigenvalue weighted by molar-refractivity contribution is 5.69. The zero-order valence-electron chi connectivity index (χ0n) is 18.6. The predicted molar refractivity (Wildman–Crippen MR) is 107 cm³/mol. The van der Waals surface area contributed by atoms with Crippen LogP contribution in [0.3, 0.4) is 0 Å². The van der Waals surface area contributed by atoms with Crippen molar-refractivity contribution in [3.63, 3.8) is 0 Å². The lowest BCUT2D eigenvalue weighted by molar-refractivity contribution is -0.385.